The van der Waals surface area contributed by atoms with Crippen molar-refractivity contribution in [2.75, 3.05) is 19.0 Å². The minimum atomic E-state index is -1.04. The van der Waals surface area contributed by atoms with Gasteiger partial charge in [0.15, 0.2) is 0 Å². The number of hydrogen-bond donors (Lipinski definition) is 2. The number of amides is 2. The molecule has 0 radical (unpaired) electrons. The van der Waals surface area contributed by atoms with E-state index < -0.39 is 17.8 Å². The summed E-state index contributed by atoms with van der Waals surface area (Å²) >= 11 is 0. The van der Waals surface area contributed by atoms with Crippen molar-refractivity contribution in [3.8, 4) is 5.75 Å². The molecule has 102 valence electrons. The van der Waals surface area contributed by atoms with E-state index in [1.807, 2.05) is 0 Å². The van der Waals surface area contributed by atoms with Crippen molar-refractivity contribution in [2.24, 2.45) is 5.73 Å². The van der Waals surface area contributed by atoms with E-state index >= 15 is 0 Å². The number of carbonyl (C=O) groups excluding carboxylic acids is 3. The van der Waals surface area contributed by atoms with Gasteiger partial charge in [0, 0.05) is 0 Å². The second-order valence-corrected chi connectivity index (χ2v) is 3.42. The fourth-order valence-electron chi connectivity index (χ4n) is 1.43. The van der Waals surface area contributed by atoms with Gasteiger partial charge >= 0.3 is 11.9 Å². The molecule has 0 saturated heterocycles. The van der Waals surface area contributed by atoms with Crippen LogP contribution in [0.15, 0.2) is 18.2 Å². The zero-order valence-corrected chi connectivity index (χ0v) is 10.6. The van der Waals surface area contributed by atoms with Crippen molar-refractivity contribution in [3.63, 3.8) is 0 Å². The molecule has 0 aliphatic heterocycles. The molecule has 7 heteroatoms. The van der Waals surface area contributed by atoms with E-state index in [1.165, 1.54) is 19.2 Å². The number of benzene rings is 1. The van der Waals surface area contributed by atoms with Crippen LogP contribution in [0.5, 0.6) is 5.75 Å². The summed E-state index contributed by atoms with van der Waals surface area (Å²) in [7, 11) is 1.36. The molecule has 2 amide bonds. The Balaban J connectivity index is 3.04. The first kappa shape index (κ1) is 14.5. The summed E-state index contributed by atoms with van der Waals surface area (Å²) in [5.41, 5.74) is 5.29. The monoisotopic (exact) mass is 266 g/mol. The summed E-state index contributed by atoms with van der Waals surface area (Å²) in [6, 6.07) is 4.49. The summed E-state index contributed by atoms with van der Waals surface area (Å²) in [6.45, 7) is 1.65. The molecule has 7 nitrogen and oxygen atoms in total. The summed E-state index contributed by atoms with van der Waals surface area (Å²) in [4.78, 5) is 34.1. The Morgan fingerprint density at radius 3 is 2.53 bits per heavy atom. The van der Waals surface area contributed by atoms with Crippen molar-refractivity contribution in [2.45, 2.75) is 6.92 Å². The molecular weight excluding hydrogens is 252 g/mol. The smallest absolute Gasteiger partial charge is 0.397 e. The maximum absolute atomic E-state index is 11.5. The number of nitrogens with one attached hydrogen (secondary N) is 1. The summed E-state index contributed by atoms with van der Waals surface area (Å²) in [5, 5.41) is 2.26. The number of hydrogen-bond acceptors (Lipinski definition) is 5. The van der Waals surface area contributed by atoms with Gasteiger partial charge in [-0.15, -0.1) is 0 Å². The van der Waals surface area contributed by atoms with Gasteiger partial charge in [-0.2, -0.15) is 0 Å². The third-order valence-corrected chi connectivity index (χ3v) is 2.20. The SMILES string of the molecule is CCOC(=O)C(=O)Nc1cccc(OC)c1C(N)=O. The summed E-state index contributed by atoms with van der Waals surface area (Å²) < 4.78 is 9.50. The van der Waals surface area contributed by atoms with E-state index in [-0.39, 0.29) is 23.6 Å². The van der Waals surface area contributed by atoms with E-state index in [2.05, 4.69) is 10.1 Å². The third kappa shape index (κ3) is 3.44. The Labute approximate surface area is 109 Å². The topological polar surface area (TPSA) is 108 Å². The summed E-state index contributed by atoms with van der Waals surface area (Å²) in [6.07, 6.45) is 0. The molecule has 0 unspecified atom stereocenters. The van der Waals surface area contributed by atoms with E-state index in [1.54, 1.807) is 13.0 Å². The lowest BCUT2D eigenvalue weighted by molar-refractivity contribution is -0.152. The quantitative estimate of drug-likeness (QED) is 0.601. The second-order valence-electron chi connectivity index (χ2n) is 3.42. The van der Waals surface area contributed by atoms with Crippen LogP contribution in [0, 0.1) is 0 Å². The number of carbonyl (C=O) groups is 3. The molecule has 0 aromatic heterocycles. The van der Waals surface area contributed by atoms with Gasteiger partial charge in [-0.3, -0.25) is 9.59 Å². The second kappa shape index (κ2) is 6.39. The first-order chi connectivity index (χ1) is 9.01. The highest BCUT2D eigenvalue weighted by molar-refractivity contribution is 6.37. The number of rotatable bonds is 4. The molecule has 0 spiro atoms. The van der Waals surface area contributed by atoms with Crippen LogP contribution in [-0.4, -0.2) is 31.5 Å². The molecule has 0 aliphatic carbocycles. The van der Waals surface area contributed by atoms with Crippen LogP contribution in [0.2, 0.25) is 0 Å². The zero-order valence-electron chi connectivity index (χ0n) is 10.6. The molecule has 19 heavy (non-hydrogen) atoms. The number of anilines is 1. The molecule has 3 N–H and O–H groups in total. The average molecular weight is 266 g/mol. The first-order valence-electron chi connectivity index (χ1n) is 5.46. The largest absolute Gasteiger partial charge is 0.496 e. The predicted molar refractivity (Wildman–Crippen MR) is 66.8 cm³/mol. The highest BCUT2D eigenvalue weighted by Gasteiger charge is 2.20. The van der Waals surface area contributed by atoms with Crippen molar-refractivity contribution < 1.29 is 23.9 Å². The van der Waals surface area contributed by atoms with Gasteiger partial charge < -0.3 is 20.5 Å². The number of esters is 1. The van der Waals surface area contributed by atoms with E-state index in [0.29, 0.717) is 0 Å². The number of nitrogens with two attached hydrogens (primary N) is 1. The molecule has 0 heterocycles. The van der Waals surface area contributed by atoms with Crippen molar-refractivity contribution in [3.05, 3.63) is 23.8 Å². The molecular formula is C12H14N2O5. The minimum absolute atomic E-state index is 0.0114. The van der Waals surface area contributed by atoms with Crippen LogP contribution in [-0.2, 0) is 14.3 Å². The van der Waals surface area contributed by atoms with Gasteiger partial charge in [-0.25, -0.2) is 4.79 Å². The predicted octanol–water partition coefficient (Wildman–Crippen LogP) is 0.296. The van der Waals surface area contributed by atoms with Crippen LogP contribution in [0.25, 0.3) is 0 Å². The Bertz CT molecular complexity index is 513. The Morgan fingerprint density at radius 2 is 2.00 bits per heavy atom. The van der Waals surface area contributed by atoms with E-state index in [9.17, 15) is 14.4 Å². The van der Waals surface area contributed by atoms with Crippen molar-refractivity contribution in [1.29, 1.82) is 0 Å². The van der Waals surface area contributed by atoms with Crippen LogP contribution in [0.4, 0.5) is 5.69 Å². The van der Waals surface area contributed by atoms with Crippen molar-refractivity contribution in [1.82, 2.24) is 0 Å². The molecule has 0 aliphatic rings. The van der Waals surface area contributed by atoms with Crippen molar-refractivity contribution >= 4 is 23.5 Å². The number of ether oxygens (including phenoxy) is 2. The Hall–Kier alpha value is -2.57. The lowest BCUT2D eigenvalue weighted by Gasteiger charge is -2.11. The maximum Gasteiger partial charge on any atom is 0.397 e. The van der Waals surface area contributed by atoms with Crippen LogP contribution in [0.3, 0.4) is 0 Å². The molecule has 0 saturated carbocycles. The summed E-state index contributed by atoms with van der Waals surface area (Å²) in [5.74, 6) is -2.61. The van der Waals surface area contributed by atoms with Gasteiger partial charge in [0.25, 0.3) is 5.91 Å². The van der Waals surface area contributed by atoms with Gasteiger partial charge in [0.1, 0.15) is 11.3 Å². The van der Waals surface area contributed by atoms with Gasteiger partial charge in [-0.1, -0.05) is 6.07 Å². The van der Waals surface area contributed by atoms with E-state index in [4.69, 9.17) is 10.5 Å². The fraction of sp³-hybridized carbons (Fsp3) is 0.250. The molecule has 0 atom stereocenters. The molecule has 1 aromatic carbocycles. The Kier molecular flexibility index (Phi) is 4.87. The molecule has 0 fully saturated rings. The molecule has 0 bridgehead atoms. The van der Waals surface area contributed by atoms with Gasteiger partial charge in [-0.05, 0) is 19.1 Å². The zero-order chi connectivity index (χ0) is 14.4. The fourth-order valence-corrected chi connectivity index (χ4v) is 1.43. The van der Waals surface area contributed by atoms with E-state index in [0.717, 1.165) is 0 Å². The molecule has 1 aromatic rings. The Morgan fingerprint density at radius 1 is 1.32 bits per heavy atom. The maximum atomic E-state index is 11.5. The normalized spacial score (nSPS) is 9.58. The molecule has 1 rings (SSSR count). The van der Waals surface area contributed by atoms with Gasteiger partial charge in [0.2, 0.25) is 0 Å². The minimum Gasteiger partial charge on any atom is -0.496 e. The first-order valence-corrected chi connectivity index (χ1v) is 5.46. The lowest BCUT2D eigenvalue weighted by Crippen LogP contribution is -2.26. The number of primary amides is 1. The lowest BCUT2D eigenvalue weighted by atomic mass is 10.1. The highest BCUT2D eigenvalue weighted by Crippen LogP contribution is 2.25. The third-order valence-electron chi connectivity index (χ3n) is 2.20. The van der Waals surface area contributed by atoms with Crippen LogP contribution in [0.1, 0.15) is 17.3 Å². The standard InChI is InChI=1S/C12H14N2O5/c1-3-19-12(17)11(16)14-7-5-4-6-8(18-2)9(7)10(13)15/h4-6H,3H2,1-2H3,(H2,13,15)(H,14,16). The highest BCUT2D eigenvalue weighted by atomic mass is 16.5. The van der Waals surface area contributed by atoms with Crippen LogP contribution >= 0.6 is 0 Å². The van der Waals surface area contributed by atoms with Crippen LogP contribution < -0.4 is 15.8 Å². The average Bonchev–Trinajstić information content (AvgIpc) is 2.38. The van der Waals surface area contributed by atoms with Gasteiger partial charge in [0.05, 0.1) is 19.4 Å². The number of methoxy groups -OCH3 is 1.